The van der Waals surface area contributed by atoms with Crippen LogP contribution in [0, 0.1) is 0 Å². The van der Waals surface area contributed by atoms with E-state index in [0.29, 0.717) is 6.42 Å². The van der Waals surface area contributed by atoms with Crippen LogP contribution in [0.2, 0.25) is 0 Å². The Morgan fingerprint density at radius 2 is 2.20 bits per heavy atom. The molecular weight excluding hydrogens is 154 g/mol. The molecule has 1 aliphatic rings. The van der Waals surface area contributed by atoms with Crippen molar-refractivity contribution in [1.29, 1.82) is 0 Å². The number of carbonyl (C=O) groups excluding carboxylic acids is 1. The lowest BCUT2D eigenvalue weighted by Crippen LogP contribution is -2.38. The van der Waals surface area contributed by atoms with E-state index < -0.39 is 5.60 Å². The molecule has 0 aliphatic carbocycles. The average Bonchev–Trinajstić information content (AvgIpc) is 1.79. The smallest absolute Gasteiger partial charge is 0.308 e. The largest absolute Gasteiger partial charge is 0.458 e. The molecule has 10 heavy (non-hydrogen) atoms. The fraction of sp³-hybridized carbons (Fsp3) is 0.833. The summed E-state index contributed by atoms with van der Waals surface area (Å²) < 4.78 is 4.90. The molecule has 0 bridgehead atoms. The molecule has 2 N–H and O–H groups in total. The summed E-state index contributed by atoms with van der Waals surface area (Å²) in [6, 6.07) is -0.134. The van der Waals surface area contributed by atoms with E-state index in [1.807, 2.05) is 13.8 Å². The predicted octanol–water partition coefficient (Wildman–Crippen LogP) is 0.461. The number of hydrogen-bond donors (Lipinski definition) is 1. The number of carbonyl (C=O) groups is 1. The van der Waals surface area contributed by atoms with Crippen molar-refractivity contribution >= 4 is 18.4 Å². The molecule has 1 heterocycles. The third kappa shape index (κ3) is 1.61. The van der Waals surface area contributed by atoms with Gasteiger partial charge in [-0.1, -0.05) is 0 Å². The summed E-state index contributed by atoms with van der Waals surface area (Å²) in [5.74, 6) is -0.187. The highest BCUT2D eigenvalue weighted by Crippen LogP contribution is 2.23. The zero-order chi connectivity index (χ0) is 7.07. The average molecular weight is 166 g/mol. The van der Waals surface area contributed by atoms with Gasteiger partial charge in [-0.3, -0.25) is 4.79 Å². The summed E-state index contributed by atoms with van der Waals surface area (Å²) in [4.78, 5) is 10.6. The van der Waals surface area contributed by atoms with Crippen LogP contribution in [0.5, 0.6) is 0 Å². The maximum Gasteiger partial charge on any atom is 0.308 e. The van der Waals surface area contributed by atoms with Gasteiger partial charge in [0, 0.05) is 0 Å². The Balaban J connectivity index is 0.000000810. The lowest BCUT2D eigenvalue weighted by molar-refractivity contribution is -0.146. The molecule has 0 amide bonds. The van der Waals surface area contributed by atoms with E-state index in [2.05, 4.69) is 0 Å². The van der Waals surface area contributed by atoms with E-state index >= 15 is 0 Å². The van der Waals surface area contributed by atoms with Gasteiger partial charge in [0.25, 0.3) is 0 Å². The van der Waals surface area contributed by atoms with Gasteiger partial charge in [-0.25, -0.2) is 0 Å². The van der Waals surface area contributed by atoms with Crippen LogP contribution in [0.1, 0.15) is 20.3 Å². The Hall–Kier alpha value is -0.280. The zero-order valence-corrected chi connectivity index (χ0v) is 6.90. The Morgan fingerprint density at radius 1 is 1.70 bits per heavy atom. The predicted molar refractivity (Wildman–Crippen MR) is 40.0 cm³/mol. The molecule has 0 aromatic rings. The minimum absolute atomic E-state index is 0. The third-order valence-electron chi connectivity index (χ3n) is 1.66. The monoisotopic (exact) mass is 165 g/mol. The summed E-state index contributed by atoms with van der Waals surface area (Å²) in [6.45, 7) is 3.64. The molecule has 1 saturated heterocycles. The molecule has 0 radical (unpaired) electrons. The van der Waals surface area contributed by atoms with Crippen LogP contribution in [-0.4, -0.2) is 17.6 Å². The van der Waals surface area contributed by atoms with Gasteiger partial charge in [0.15, 0.2) is 0 Å². The Labute approximate surface area is 66.3 Å². The minimum Gasteiger partial charge on any atom is -0.458 e. The molecule has 0 aromatic heterocycles. The van der Waals surface area contributed by atoms with Crippen molar-refractivity contribution in [3.63, 3.8) is 0 Å². The number of nitrogens with two attached hydrogens (primary N) is 1. The first kappa shape index (κ1) is 9.72. The van der Waals surface area contributed by atoms with Crippen LogP contribution in [-0.2, 0) is 9.53 Å². The molecule has 60 valence electrons. The van der Waals surface area contributed by atoms with Gasteiger partial charge in [0.2, 0.25) is 0 Å². The quantitative estimate of drug-likeness (QED) is 0.531. The topological polar surface area (TPSA) is 52.3 Å². The molecule has 4 heteroatoms. The Kier molecular flexibility index (Phi) is 2.68. The van der Waals surface area contributed by atoms with Crippen LogP contribution in [0.4, 0.5) is 0 Å². The van der Waals surface area contributed by atoms with Gasteiger partial charge in [-0.15, -0.1) is 12.4 Å². The number of esters is 1. The van der Waals surface area contributed by atoms with E-state index in [4.69, 9.17) is 10.5 Å². The van der Waals surface area contributed by atoms with E-state index in [0.717, 1.165) is 0 Å². The van der Waals surface area contributed by atoms with E-state index in [9.17, 15) is 4.79 Å². The van der Waals surface area contributed by atoms with Crippen molar-refractivity contribution in [3.05, 3.63) is 0 Å². The molecule has 1 rings (SSSR count). The van der Waals surface area contributed by atoms with E-state index in [-0.39, 0.29) is 24.4 Å². The fourth-order valence-electron chi connectivity index (χ4n) is 0.836. The summed E-state index contributed by atoms with van der Waals surface area (Å²) in [5.41, 5.74) is 5.11. The third-order valence-corrected chi connectivity index (χ3v) is 1.66. The molecule has 0 spiro atoms. The van der Waals surface area contributed by atoms with E-state index in [1.54, 1.807) is 0 Å². The highest BCUT2D eigenvalue weighted by Gasteiger charge is 2.38. The summed E-state index contributed by atoms with van der Waals surface area (Å²) in [6.07, 6.45) is 0.354. The molecule has 0 aromatic carbocycles. The first-order chi connectivity index (χ1) is 4.02. The van der Waals surface area contributed by atoms with Gasteiger partial charge in [-0.2, -0.15) is 0 Å². The number of halogens is 1. The number of hydrogen-bond acceptors (Lipinski definition) is 3. The summed E-state index contributed by atoms with van der Waals surface area (Å²) >= 11 is 0. The number of ether oxygens (including phenoxy) is 1. The van der Waals surface area contributed by atoms with Crippen LogP contribution in [0.15, 0.2) is 0 Å². The highest BCUT2D eigenvalue weighted by atomic mass is 35.5. The molecule has 1 unspecified atom stereocenters. The highest BCUT2D eigenvalue weighted by molar-refractivity contribution is 5.85. The Morgan fingerprint density at radius 3 is 2.30 bits per heavy atom. The van der Waals surface area contributed by atoms with Gasteiger partial charge in [0.05, 0.1) is 12.5 Å². The van der Waals surface area contributed by atoms with Crippen LogP contribution >= 0.6 is 12.4 Å². The lowest BCUT2D eigenvalue weighted by atomic mass is 10.0. The zero-order valence-electron chi connectivity index (χ0n) is 6.09. The second-order valence-corrected chi connectivity index (χ2v) is 2.89. The maximum atomic E-state index is 10.6. The second-order valence-electron chi connectivity index (χ2n) is 2.89. The van der Waals surface area contributed by atoms with Crippen molar-refractivity contribution < 1.29 is 9.53 Å². The molecule has 1 atom stereocenters. The van der Waals surface area contributed by atoms with Crippen molar-refractivity contribution in [2.45, 2.75) is 31.9 Å². The SMILES string of the molecule is CC1(C)OC(=O)CC1N.Cl. The van der Waals surface area contributed by atoms with Gasteiger partial charge in [0.1, 0.15) is 5.60 Å². The Bertz CT molecular complexity index is 147. The molecule has 1 fully saturated rings. The molecule has 0 saturated carbocycles. The van der Waals surface area contributed by atoms with Gasteiger partial charge in [-0.05, 0) is 13.8 Å². The van der Waals surface area contributed by atoms with Gasteiger partial charge >= 0.3 is 5.97 Å². The van der Waals surface area contributed by atoms with Gasteiger partial charge < -0.3 is 10.5 Å². The second kappa shape index (κ2) is 2.76. The van der Waals surface area contributed by atoms with Crippen LogP contribution in [0.25, 0.3) is 0 Å². The number of rotatable bonds is 0. The lowest BCUT2D eigenvalue weighted by Gasteiger charge is -2.20. The van der Waals surface area contributed by atoms with Crippen LogP contribution in [0.3, 0.4) is 0 Å². The minimum atomic E-state index is -0.447. The molecular formula is C6H12ClNO2. The normalized spacial score (nSPS) is 29.1. The van der Waals surface area contributed by atoms with Crippen molar-refractivity contribution in [1.82, 2.24) is 0 Å². The maximum absolute atomic E-state index is 10.6. The standard InChI is InChI=1S/C6H11NO2.ClH/c1-6(2)4(7)3-5(8)9-6;/h4H,3,7H2,1-2H3;1H. The summed E-state index contributed by atoms with van der Waals surface area (Å²) in [5, 5.41) is 0. The van der Waals surface area contributed by atoms with E-state index in [1.165, 1.54) is 0 Å². The molecule has 3 nitrogen and oxygen atoms in total. The van der Waals surface area contributed by atoms with Crippen molar-refractivity contribution in [3.8, 4) is 0 Å². The van der Waals surface area contributed by atoms with Crippen molar-refractivity contribution in [2.24, 2.45) is 5.73 Å². The van der Waals surface area contributed by atoms with Crippen LogP contribution < -0.4 is 5.73 Å². The summed E-state index contributed by atoms with van der Waals surface area (Å²) in [7, 11) is 0. The first-order valence-corrected chi connectivity index (χ1v) is 3.00. The molecule has 1 aliphatic heterocycles. The first-order valence-electron chi connectivity index (χ1n) is 3.00. The van der Waals surface area contributed by atoms with Crippen molar-refractivity contribution in [2.75, 3.05) is 0 Å². The number of cyclic esters (lactones) is 1. The fourth-order valence-corrected chi connectivity index (χ4v) is 0.836.